The predicted molar refractivity (Wildman–Crippen MR) is 184 cm³/mol. The second-order valence-corrected chi connectivity index (χ2v) is 14.0. The van der Waals surface area contributed by atoms with Crippen molar-refractivity contribution in [2.45, 2.75) is 38.6 Å². The Morgan fingerprint density at radius 1 is 0.957 bits per heavy atom. The van der Waals surface area contributed by atoms with E-state index in [0.29, 0.717) is 46.2 Å². The fourth-order valence-corrected chi connectivity index (χ4v) is 6.72. The zero-order valence-corrected chi connectivity index (χ0v) is 27.7. The molecule has 242 valence electrons. The summed E-state index contributed by atoms with van der Waals surface area (Å²) >= 11 is 6.42. The van der Waals surface area contributed by atoms with Gasteiger partial charge in [0.05, 0.1) is 47.6 Å². The Hall–Kier alpha value is -4.81. The van der Waals surface area contributed by atoms with Crippen LogP contribution in [0.2, 0.25) is 5.02 Å². The summed E-state index contributed by atoms with van der Waals surface area (Å²) in [5, 5.41) is 7.89. The van der Waals surface area contributed by atoms with Crippen LogP contribution in [-0.2, 0) is 21.9 Å². The van der Waals surface area contributed by atoms with Crippen LogP contribution in [0.25, 0.3) is 33.6 Å². The number of benzene rings is 2. The fourth-order valence-electron chi connectivity index (χ4n) is 5.99. The van der Waals surface area contributed by atoms with Gasteiger partial charge in [-0.2, -0.15) is 5.10 Å². The molecule has 0 unspecified atom stereocenters. The normalized spacial score (nSPS) is 17.1. The lowest BCUT2D eigenvalue weighted by atomic mass is 9.97. The van der Waals surface area contributed by atoms with E-state index in [1.807, 2.05) is 38.2 Å². The number of hydrogen-bond donors (Lipinski definition) is 2. The van der Waals surface area contributed by atoms with Crippen molar-refractivity contribution in [2.75, 3.05) is 16.3 Å². The van der Waals surface area contributed by atoms with Crippen LogP contribution in [0.15, 0.2) is 84.2 Å². The highest BCUT2D eigenvalue weighted by Crippen LogP contribution is 2.35. The summed E-state index contributed by atoms with van der Waals surface area (Å²) in [6.07, 6.45) is 8.87. The molecule has 2 aromatic carbocycles. The number of nitrogens with one attached hydrogen (secondary N) is 2. The molecule has 1 aliphatic rings. The molecular formula is C34H34ClN7O4S. The molecule has 2 bridgehead atoms. The summed E-state index contributed by atoms with van der Waals surface area (Å²) in [5.41, 5.74) is 5.54. The number of carbonyl (C=O) groups excluding carboxylic acids is 1. The summed E-state index contributed by atoms with van der Waals surface area (Å²) < 4.78 is 29.5. The SMILES string of the molecule is C[C@@H]1CCCC[C@H](n2cnc(-c3cc(Cl)ccc3-c3cccc(NS(C)(=O)=O)c3)cc2=O)c2cc(ccn2)-c2c(cnn2C)NC1=O. The van der Waals surface area contributed by atoms with E-state index in [1.54, 1.807) is 58.3 Å². The van der Waals surface area contributed by atoms with E-state index in [0.717, 1.165) is 41.5 Å². The van der Waals surface area contributed by atoms with Crippen LogP contribution in [0.4, 0.5) is 11.4 Å². The van der Waals surface area contributed by atoms with Gasteiger partial charge in [0.25, 0.3) is 5.56 Å². The molecule has 0 saturated heterocycles. The lowest BCUT2D eigenvalue weighted by molar-refractivity contribution is -0.119. The van der Waals surface area contributed by atoms with Gasteiger partial charge in [0.1, 0.15) is 0 Å². The van der Waals surface area contributed by atoms with Gasteiger partial charge in [0, 0.05) is 47.1 Å². The Kier molecular flexibility index (Phi) is 8.98. The molecule has 0 saturated carbocycles. The van der Waals surface area contributed by atoms with Crippen LogP contribution in [0.5, 0.6) is 0 Å². The van der Waals surface area contributed by atoms with Gasteiger partial charge in [-0.1, -0.05) is 49.6 Å². The minimum Gasteiger partial charge on any atom is -0.323 e. The molecule has 5 aromatic rings. The van der Waals surface area contributed by atoms with Crippen molar-refractivity contribution >= 4 is 38.9 Å². The van der Waals surface area contributed by atoms with E-state index in [2.05, 4.69) is 20.1 Å². The van der Waals surface area contributed by atoms with Crippen LogP contribution >= 0.6 is 11.6 Å². The third-order valence-electron chi connectivity index (χ3n) is 8.31. The first kappa shape index (κ1) is 32.1. The van der Waals surface area contributed by atoms with Crippen molar-refractivity contribution in [1.29, 1.82) is 0 Å². The first-order valence-corrected chi connectivity index (χ1v) is 17.5. The number of rotatable bonds is 5. The lowest BCUT2D eigenvalue weighted by Gasteiger charge is -2.20. The molecule has 1 aliphatic heterocycles. The Bertz CT molecular complexity index is 2140. The summed E-state index contributed by atoms with van der Waals surface area (Å²) in [5.74, 6) is -0.249. The first-order chi connectivity index (χ1) is 22.5. The number of halogens is 1. The quantitative estimate of drug-likeness (QED) is 0.229. The van der Waals surface area contributed by atoms with Crippen molar-refractivity contribution in [2.24, 2.45) is 13.0 Å². The highest BCUT2D eigenvalue weighted by Gasteiger charge is 2.23. The number of hydrogen-bond acceptors (Lipinski definition) is 7. The van der Waals surface area contributed by atoms with Crippen molar-refractivity contribution < 1.29 is 13.2 Å². The molecule has 2 N–H and O–H groups in total. The van der Waals surface area contributed by atoms with Gasteiger partial charge >= 0.3 is 0 Å². The Morgan fingerprint density at radius 3 is 2.55 bits per heavy atom. The zero-order chi connectivity index (χ0) is 33.3. The Labute approximate surface area is 277 Å². The maximum absolute atomic E-state index is 13.9. The van der Waals surface area contributed by atoms with Gasteiger partial charge < -0.3 is 5.32 Å². The van der Waals surface area contributed by atoms with Crippen LogP contribution < -0.4 is 15.6 Å². The molecule has 11 nitrogen and oxygen atoms in total. The number of anilines is 2. The average Bonchev–Trinajstić information content (AvgIpc) is 3.39. The van der Waals surface area contributed by atoms with E-state index in [4.69, 9.17) is 16.6 Å². The van der Waals surface area contributed by atoms with Gasteiger partial charge in [0.15, 0.2) is 0 Å². The molecule has 3 aromatic heterocycles. The molecule has 2 atom stereocenters. The topological polar surface area (TPSA) is 141 Å². The third-order valence-corrected chi connectivity index (χ3v) is 9.15. The van der Waals surface area contributed by atoms with E-state index in [9.17, 15) is 18.0 Å². The second-order valence-electron chi connectivity index (χ2n) is 11.9. The van der Waals surface area contributed by atoms with Crippen molar-refractivity contribution in [1.82, 2.24) is 24.3 Å². The summed E-state index contributed by atoms with van der Waals surface area (Å²) in [6.45, 7) is 1.92. The summed E-state index contributed by atoms with van der Waals surface area (Å²) in [6, 6.07) is 17.2. The minimum atomic E-state index is -3.47. The first-order valence-electron chi connectivity index (χ1n) is 15.2. The Morgan fingerprint density at radius 2 is 1.77 bits per heavy atom. The monoisotopic (exact) mass is 671 g/mol. The van der Waals surface area contributed by atoms with Crippen molar-refractivity contribution in [3.05, 3.63) is 100 Å². The lowest BCUT2D eigenvalue weighted by Crippen LogP contribution is -2.26. The number of aryl methyl sites for hydroxylation is 1. The van der Waals surface area contributed by atoms with Gasteiger partial charge in [-0.25, -0.2) is 13.4 Å². The largest absolute Gasteiger partial charge is 0.323 e. The number of fused-ring (bicyclic) bond motifs is 4. The zero-order valence-electron chi connectivity index (χ0n) is 26.1. The van der Waals surface area contributed by atoms with Crippen LogP contribution in [0.3, 0.4) is 0 Å². The highest BCUT2D eigenvalue weighted by molar-refractivity contribution is 7.92. The molecule has 1 amide bonds. The van der Waals surface area contributed by atoms with Crippen molar-refractivity contribution in [3.8, 4) is 33.6 Å². The number of nitrogens with zero attached hydrogens (tertiary/aromatic N) is 5. The van der Waals surface area contributed by atoms with E-state index in [1.165, 1.54) is 6.07 Å². The molecular weight excluding hydrogens is 638 g/mol. The smallest absolute Gasteiger partial charge is 0.254 e. The maximum Gasteiger partial charge on any atom is 0.254 e. The molecule has 0 radical (unpaired) electrons. The summed E-state index contributed by atoms with van der Waals surface area (Å²) in [7, 11) is -1.65. The highest BCUT2D eigenvalue weighted by atomic mass is 35.5. The molecule has 13 heteroatoms. The summed E-state index contributed by atoms with van der Waals surface area (Å²) in [4.78, 5) is 36.3. The molecule has 0 fully saturated rings. The van der Waals surface area contributed by atoms with E-state index >= 15 is 0 Å². The number of aromatic nitrogens is 5. The van der Waals surface area contributed by atoms with E-state index in [-0.39, 0.29) is 17.4 Å². The van der Waals surface area contributed by atoms with Crippen molar-refractivity contribution in [3.63, 3.8) is 0 Å². The maximum atomic E-state index is 13.9. The third kappa shape index (κ3) is 7.13. The van der Waals surface area contributed by atoms with Crippen LogP contribution in [0.1, 0.15) is 44.3 Å². The van der Waals surface area contributed by atoms with Gasteiger partial charge in [-0.05, 0) is 60.4 Å². The standard InChI is InChI=1S/C34H34ClN7O4S/c1-21-7-4-5-10-31(29-16-23(13-14-36-29)33-30(39-34(21)44)19-38-41(33)2)42-20-37-28(18-32(42)43)27-17-24(35)11-12-26(27)22-8-6-9-25(15-22)40-47(3,45)46/h6,8-9,11-21,31,40H,4-5,7,10H2,1-3H3,(H,39,44)/t21-,31+/m1/s1. The number of pyridine rings is 1. The predicted octanol–water partition coefficient (Wildman–Crippen LogP) is 6.14. The van der Waals surface area contributed by atoms with Crippen LogP contribution in [0, 0.1) is 5.92 Å². The molecule has 0 spiro atoms. The molecule has 6 rings (SSSR count). The fraction of sp³-hybridized carbons (Fsp3) is 0.265. The number of carbonyl (C=O) groups is 1. The second kappa shape index (κ2) is 13.1. The number of amides is 1. The van der Waals surface area contributed by atoms with Gasteiger partial charge in [-0.15, -0.1) is 0 Å². The van der Waals surface area contributed by atoms with E-state index < -0.39 is 16.1 Å². The van der Waals surface area contributed by atoms with Crippen LogP contribution in [-0.4, -0.2) is 44.9 Å². The van der Waals surface area contributed by atoms with Gasteiger partial charge in [-0.3, -0.25) is 28.5 Å². The Balaban J connectivity index is 1.41. The molecule has 0 aliphatic carbocycles. The molecule has 4 heterocycles. The minimum absolute atomic E-state index is 0.0564. The van der Waals surface area contributed by atoms with Gasteiger partial charge in [0.2, 0.25) is 15.9 Å². The number of sulfonamides is 1. The molecule has 47 heavy (non-hydrogen) atoms. The average molecular weight is 672 g/mol.